The van der Waals surface area contributed by atoms with Gasteiger partial charge in [0.05, 0.1) is 0 Å². The minimum absolute atomic E-state index is 0.123. The predicted molar refractivity (Wildman–Crippen MR) is 49.1 cm³/mol. The van der Waals surface area contributed by atoms with E-state index in [9.17, 15) is 9.59 Å². The Morgan fingerprint density at radius 2 is 1.92 bits per heavy atom. The summed E-state index contributed by atoms with van der Waals surface area (Å²) in [7, 11) is 0. The van der Waals surface area contributed by atoms with Crippen molar-refractivity contribution in [3.63, 3.8) is 0 Å². The molecule has 0 spiro atoms. The number of aromatic carboxylic acids is 1. The monoisotopic (exact) mass is 246 g/mol. The van der Waals surface area contributed by atoms with Crippen molar-refractivity contribution in [1.29, 1.82) is 0 Å². The molecule has 0 aliphatic heterocycles. The van der Waals surface area contributed by atoms with Gasteiger partial charge in [-0.1, -0.05) is 0 Å². The van der Waals surface area contributed by atoms with E-state index in [0.717, 1.165) is 0 Å². The van der Waals surface area contributed by atoms with Crippen LogP contribution in [0.25, 0.3) is 0 Å². The Kier molecular flexibility index (Phi) is 2.56. The van der Waals surface area contributed by atoms with Crippen LogP contribution in [0.2, 0.25) is 0 Å². The zero-order valence-electron chi connectivity index (χ0n) is 7.05. The molecule has 1 aromatic heterocycles. The molecule has 5 heteroatoms. The first-order valence-corrected chi connectivity index (χ1v) is 4.27. The number of hydrogen-bond acceptors (Lipinski definition) is 3. The van der Waals surface area contributed by atoms with E-state index in [1.54, 1.807) is 6.92 Å². The summed E-state index contributed by atoms with van der Waals surface area (Å²) >= 11 is 2.96. The maximum Gasteiger partial charge on any atom is 0.343 e. The first kappa shape index (κ1) is 9.98. The van der Waals surface area contributed by atoms with Crippen molar-refractivity contribution in [1.82, 2.24) is 0 Å². The predicted octanol–water partition coefficient (Wildman–Crippen LogP) is 1.72. The Morgan fingerprint density at radius 1 is 1.38 bits per heavy atom. The maximum atomic E-state index is 11.4. The number of rotatable bonds is 1. The third-order valence-electron chi connectivity index (χ3n) is 1.61. The molecule has 70 valence electrons. The van der Waals surface area contributed by atoms with Gasteiger partial charge in [-0.15, -0.1) is 0 Å². The van der Waals surface area contributed by atoms with Crippen molar-refractivity contribution in [2.45, 2.75) is 13.8 Å². The standard InChI is InChI=1S/C8H7BrO4/c1-3-5(8(11)12)7(10)6(9)4(2)13-3/h1-2H3,(H,11,12). The second-order valence-corrected chi connectivity index (χ2v) is 3.33. The van der Waals surface area contributed by atoms with Crippen LogP contribution in [-0.2, 0) is 0 Å². The molecule has 0 bridgehead atoms. The van der Waals surface area contributed by atoms with Crippen LogP contribution in [0.4, 0.5) is 0 Å². The summed E-state index contributed by atoms with van der Waals surface area (Å²) in [6.45, 7) is 3.04. The van der Waals surface area contributed by atoms with Crippen LogP contribution in [0.15, 0.2) is 13.7 Å². The fourth-order valence-corrected chi connectivity index (χ4v) is 1.28. The molecular formula is C8H7BrO4. The fourth-order valence-electron chi connectivity index (χ4n) is 1.00. The van der Waals surface area contributed by atoms with E-state index < -0.39 is 11.4 Å². The highest BCUT2D eigenvalue weighted by molar-refractivity contribution is 9.10. The second kappa shape index (κ2) is 3.33. The highest BCUT2D eigenvalue weighted by atomic mass is 79.9. The molecule has 0 aromatic carbocycles. The lowest BCUT2D eigenvalue weighted by Crippen LogP contribution is -2.17. The van der Waals surface area contributed by atoms with Crippen LogP contribution in [0, 0.1) is 13.8 Å². The molecule has 0 aliphatic carbocycles. The van der Waals surface area contributed by atoms with E-state index in [1.807, 2.05) is 0 Å². The van der Waals surface area contributed by atoms with Crippen molar-refractivity contribution in [3.05, 3.63) is 31.8 Å². The lowest BCUT2D eigenvalue weighted by molar-refractivity contribution is 0.0691. The van der Waals surface area contributed by atoms with E-state index in [-0.39, 0.29) is 15.8 Å². The summed E-state index contributed by atoms with van der Waals surface area (Å²) in [5, 5.41) is 8.68. The molecule has 0 saturated carbocycles. The van der Waals surface area contributed by atoms with Gasteiger partial charge in [0, 0.05) is 0 Å². The largest absolute Gasteiger partial charge is 0.477 e. The van der Waals surface area contributed by atoms with Gasteiger partial charge in [-0.2, -0.15) is 0 Å². The highest BCUT2D eigenvalue weighted by Crippen LogP contribution is 2.15. The van der Waals surface area contributed by atoms with Crippen LogP contribution in [0.1, 0.15) is 21.9 Å². The fraction of sp³-hybridized carbons (Fsp3) is 0.250. The van der Waals surface area contributed by atoms with Gasteiger partial charge in [0.15, 0.2) is 0 Å². The molecule has 1 heterocycles. The lowest BCUT2D eigenvalue weighted by atomic mass is 10.2. The molecule has 1 N–H and O–H groups in total. The van der Waals surface area contributed by atoms with Crippen LogP contribution < -0.4 is 5.43 Å². The number of aryl methyl sites for hydroxylation is 2. The molecule has 0 amide bonds. The van der Waals surface area contributed by atoms with Gasteiger partial charge >= 0.3 is 5.97 Å². The Balaban J connectivity index is 3.63. The van der Waals surface area contributed by atoms with E-state index in [0.29, 0.717) is 5.76 Å². The van der Waals surface area contributed by atoms with Crippen LogP contribution in [0.3, 0.4) is 0 Å². The molecule has 0 atom stereocenters. The summed E-state index contributed by atoms with van der Waals surface area (Å²) in [6, 6.07) is 0. The third-order valence-corrected chi connectivity index (χ3v) is 2.53. The molecule has 0 aliphatic rings. The number of carboxylic acid groups (broad SMARTS) is 1. The molecular weight excluding hydrogens is 240 g/mol. The number of hydrogen-bond donors (Lipinski definition) is 1. The van der Waals surface area contributed by atoms with Gasteiger partial charge < -0.3 is 9.52 Å². The molecule has 13 heavy (non-hydrogen) atoms. The van der Waals surface area contributed by atoms with Gasteiger partial charge in [-0.3, -0.25) is 4.79 Å². The van der Waals surface area contributed by atoms with Crippen molar-refractivity contribution in [2.24, 2.45) is 0 Å². The van der Waals surface area contributed by atoms with Crippen molar-refractivity contribution in [2.75, 3.05) is 0 Å². The SMILES string of the molecule is Cc1oc(C)c(C(=O)O)c(=O)c1Br. The first-order valence-electron chi connectivity index (χ1n) is 3.48. The average molecular weight is 247 g/mol. The molecule has 0 fully saturated rings. The highest BCUT2D eigenvalue weighted by Gasteiger charge is 2.18. The molecule has 4 nitrogen and oxygen atoms in total. The third kappa shape index (κ3) is 1.65. The van der Waals surface area contributed by atoms with Gasteiger partial charge in [0.2, 0.25) is 5.43 Å². The zero-order valence-corrected chi connectivity index (χ0v) is 8.64. The summed E-state index contributed by atoms with van der Waals surface area (Å²) in [4.78, 5) is 22.0. The second-order valence-electron chi connectivity index (χ2n) is 2.54. The summed E-state index contributed by atoms with van der Waals surface area (Å²) in [5.74, 6) is -0.766. The molecule has 1 rings (SSSR count). The van der Waals surface area contributed by atoms with Crippen LogP contribution in [0.5, 0.6) is 0 Å². The smallest absolute Gasteiger partial charge is 0.343 e. The van der Waals surface area contributed by atoms with Gasteiger partial charge in [0.1, 0.15) is 21.6 Å². The number of halogens is 1. The summed E-state index contributed by atoms with van der Waals surface area (Å²) < 4.78 is 5.22. The summed E-state index contributed by atoms with van der Waals surface area (Å²) in [6.07, 6.45) is 0. The Hall–Kier alpha value is -1.10. The Labute approximate surface area is 82.3 Å². The average Bonchev–Trinajstić information content (AvgIpc) is 1.99. The minimum atomic E-state index is -1.27. The minimum Gasteiger partial charge on any atom is -0.477 e. The first-order chi connectivity index (χ1) is 5.95. The van der Waals surface area contributed by atoms with Gasteiger partial charge in [-0.25, -0.2) is 4.79 Å². The van der Waals surface area contributed by atoms with E-state index in [4.69, 9.17) is 9.52 Å². The Bertz CT molecular complexity index is 419. The quantitative estimate of drug-likeness (QED) is 0.820. The van der Waals surface area contributed by atoms with Gasteiger partial charge in [-0.05, 0) is 29.8 Å². The van der Waals surface area contributed by atoms with Crippen molar-refractivity contribution >= 4 is 21.9 Å². The maximum absolute atomic E-state index is 11.4. The normalized spacial score (nSPS) is 10.1. The summed E-state index contributed by atoms with van der Waals surface area (Å²) in [5.41, 5.74) is -0.869. The topological polar surface area (TPSA) is 67.5 Å². The molecule has 0 saturated heterocycles. The molecule has 0 unspecified atom stereocenters. The van der Waals surface area contributed by atoms with E-state index in [2.05, 4.69) is 15.9 Å². The lowest BCUT2D eigenvalue weighted by Gasteiger charge is -2.02. The molecule has 1 aromatic rings. The van der Waals surface area contributed by atoms with Gasteiger partial charge in [0.25, 0.3) is 0 Å². The van der Waals surface area contributed by atoms with Crippen molar-refractivity contribution in [3.8, 4) is 0 Å². The van der Waals surface area contributed by atoms with E-state index >= 15 is 0 Å². The molecule has 0 radical (unpaired) electrons. The zero-order chi connectivity index (χ0) is 10.2. The van der Waals surface area contributed by atoms with Crippen LogP contribution >= 0.6 is 15.9 Å². The van der Waals surface area contributed by atoms with Crippen molar-refractivity contribution < 1.29 is 14.3 Å². The number of carbonyl (C=O) groups is 1. The number of carboxylic acids is 1. The van der Waals surface area contributed by atoms with Crippen LogP contribution in [-0.4, -0.2) is 11.1 Å². The van der Waals surface area contributed by atoms with E-state index in [1.165, 1.54) is 6.92 Å². The Morgan fingerprint density at radius 3 is 2.38 bits per heavy atom.